The molecular weight excluding hydrogens is 583 g/mol. The van der Waals surface area contributed by atoms with Crippen molar-refractivity contribution < 1.29 is 33.1 Å². The summed E-state index contributed by atoms with van der Waals surface area (Å²) in [4.78, 5) is 50.8. The number of aromatic nitrogens is 1. The molecular formula is C27H39N6O7PS. The van der Waals surface area contributed by atoms with E-state index in [-0.39, 0.29) is 51.2 Å². The lowest BCUT2D eigenvalue weighted by atomic mass is 10.2. The molecule has 0 bridgehead atoms. The largest absolute Gasteiger partial charge is 0.465 e. The average Bonchev–Trinajstić information content (AvgIpc) is 3.43. The highest BCUT2D eigenvalue weighted by molar-refractivity contribution is 7.54. The van der Waals surface area contributed by atoms with Crippen LogP contribution in [-0.2, 0) is 18.4 Å². The summed E-state index contributed by atoms with van der Waals surface area (Å²) in [6.45, 7) is 7.20. The number of hydrogen-bond donors (Lipinski definition) is 2. The first-order chi connectivity index (χ1) is 20.1. The van der Waals surface area contributed by atoms with Crippen LogP contribution in [0.2, 0.25) is 0 Å². The molecule has 1 unspecified atom stereocenters. The van der Waals surface area contributed by atoms with Crippen molar-refractivity contribution in [1.29, 1.82) is 0 Å². The van der Waals surface area contributed by atoms with E-state index in [4.69, 9.17) is 14.0 Å². The Balaban J connectivity index is 1.64. The molecule has 1 aromatic carbocycles. The van der Waals surface area contributed by atoms with Gasteiger partial charge in [-0.1, -0.05) is 41.7 Å². The fraction of sp³-hybridized carbons (Fsp3) is 0.556. The maximum atomic E-state index is 13.9. The van der Waals surface area contributed by atoms with Crippen LogP contribution in [0.4, 0.5) is 9.80 Å². The number of piperazine rings is 2. The Hall–Kier alpha value is -3.03. The van der Waals surface area contributed by atoms with Gasteiger partial charge in [-0.15, -0.1) is 0 Å². The lowest BCUT2D eigenvalue weighted by Gasteiger charge is -2.36. The SMILES string of the molecule is CCOP(=O)(CC(NC(=O)c1nc(-c2ccccc2)sc1N1CCN(C)CC1)C(=O)N1CCN(C(=O)O)CC1)OCC. The number of amides is 3. The van der Waals surface area contributed by atoms with Crippen LogP contribution in [-0.4, -0.2) is 128 Å². The van der Waals surface area contributed by atoms with E-state index in [9.17, 15) is 24.1 Å². The van der Waals surface area contributed by atoms with E-state index in [2.05, 4.69) is 22.2 Å². The second kappa shape index (κ2) is 14.4. The van der Waals surface area contributed by atoms with Crippen molar-refractivity contribution >= 4 is 41.8 Å². The van der Waals surface area contributed by atoms with Crippen molar-refractivity contribution in [1.82, 2.24) is 25.0 Å². The highest BCUT2D eigenvalue weighted by Crippen LogP contribution is 2.48. The van der Waals surface area contributed by atoms with E-state index in [1.165, 1.54) is 21.1 Å². The maximum absolute atomic E-state index is 13.9. The van der Waals surface area contributed by atoms with E-state index in [0.717, 1.165) is 18.7 Å². The molecule has 0 aliphatic carbocycles. The second-order valence-corrected chi connectivity index (χ2v) is 13.2. The predicted octanol–water partition coefficient (Wildman–Crippen LogP) is 2.75. The summed E-state index contributed by atoms with van der Waals surface area (Å²) < 4.78 is 24.5. The third kappa shape index (κ3) is 7.87. The summed E-state index contributed by atoms with van der Waals surface area (Å²) in [5.41, 5.74) is 1.07. The first-order valence-electron chi connectivity index (χ1n) is 14.1. The molecule has 3 amide bonds. The molecule has 15 heteroatoms. The molecule has 13 nitrogen and oxygen atoms in total. The molecule has 0 saturated carbocycles. The Kier molecular flexibility index (Phi) is 11.0. The Labute approximate surface area is 249 Å². The van der Waals surface area contributed by atoms with E-state index >= 15 is 0 Å². The topological polar surface area (TPSA) is 145 Å². The van der Waals surface area contributed by atoms with Gasteiger partial charge >= 0.3 is 13.7 Å². The average molecular weight is 623 g/mol. The fourth-order valence-electron chi connectivity index (χ4n) is 4.90. The molecule has 0 radical (unpaired) electrons. The van der Waals surface area contributed by atoms with Crippen molar-refractivity contribution in [3.8, 4) is 10.6 Å². The van der Waals surface area contributed by atoms with Gasteiger partial charge in [-0.2, -0.15) is 0 Å². The number of hydrogen-bond acceptors (Lipinski definition) is 10. The van der Waals surface area contributed by atoms with Crippen molar-refractivity contribution in [3.63, 3.8) is 0 Å². The minimum atomic E-state index is -3.74. The smallest absolute Gasteiger partial charge is 0.407 e. The van der Waals surface area contributed by atoms with E-state index in [1.807, 2.05) is 30.3 Å². The van der Waals surface area contributed by atoms with Gasteiger partial charge in [0.15, 0.2) is 5.69 Å². The zero-order chi connectivity index (χ0) is 30.3. The number of carbonyl (C=O) groups excluding carboxylic acids is 2. The molecule has 2 aromatic rings. The number of rotatable bonds is 11. The first kappa shape index (κ1) is 31.9. The lowest BCUT2D eigenvalue weighted by molar-refractivity contribution is -0.134. The Morgan fingerprint density at radius 3 is 2.14 bits per heavy atom. The van der Waals surface area contributed by atoms with Crippen LogP contribution < -0.4 is 10.2 Å². The number of benzene rings is 1. The van der Waals surface area contributed by atoms with Crippen LogP contribution in [0.1, 0.15) is 24.3 Å². The van der Waals surface area contributed by atoms with E-state index < -0.39 is 31.5 Å². The highest BCUT2D eigenvalue weighted by Gasteiger charge is 2.38. The molecule has 2 aliphatic rings. The summed E-state index contributed by atoms with van der Waals surface area (Å²) in [5, 5.41) is 13.5. The van der Waals surface area contributed by atoms with Gasteiger partial charge in [0.25, 0.3) is 5.91 Å². The van der Waals surface area contributed by atoms with Gasteiger partial charge in [0, 0.05) is 57.9 Å². The molecule has 2 aliphatic heterocycles. The third-order valence-corrected chi connectivity index (χ3v) is 10.4. The highest BCUT2D eigenvalue weighted by atomic mass is 32.1. The zero-order valence-electron chi connectivity index (χ0n) is 24.2. The molecule has 2 N–H and O–H groups in total. The van der Waals surface area contributed by atoms with Gasteiger partial charge in [-0.05, 0) is 20.9 Å². The third-order valence-electron chi connectivity index (χ3n) is 7.16. The number of nitrogens with one attached hydrogen (secondary N) is 1. The zero-order valence-corrected chi connectivity index (χ0v) is 25.9. The van der Waals surface area contributed by atoms with Crippen LogP contribution in [0.25, 0.3) is 10.6 Å². The first-order valence-corrected chi connectivity index (χ1v) is 16.6. The molecule has 230 valence electrons. The summed E-state index contributed by atoms with van der Waals surface area (Å²) in [5.74, 6) is -1.04. The normalized spacial score (nSPS) is 17.3. The summed E-state index contributed by atoms with van der Waals surface area (Å²) >= 11 is 1.42. The molecule has 1 aromatic heterocycles. The molecule has 2 saturated heterocycles. The Bertz CT molecular complexity index is 1270. The molecule has 2 fully saturated rings. The molecule has 4 rings (SSSR count). The van der Waals surface area contributed by atoms with Gasteiger partial charge in [-0.25, -0.2) is 9.78 Å². The second-order valence-electron chi connectivity index (χ2n) is 10.1. The van der Waals surface area contributed by atoms with E-state index in [0.29, 0.717) is 23.1 Å². The number of thiazole rings is 1. The van der Waals surface area contributed by atoms with Crippen molar-refractivity contribution in [2.24, 2.45) is 0 Å². The standard InChI is InChI=1S/C27H39N6O7PS/c1-4-39-41(38,40-5-2)19-21(25(35)31-15-17-33(18-16-31)27(36)37)28-23(34)22-26(32-13-11-30(3)12-14-32)42-24(29-22)20-9-7-6-8-10-20/h6-10,21H,4-5,11-19H2,1-3H3,(H,28,34)(H,36,37). The van der Waals surface area contributed by atoms with Crippen LogP contribution >= 0.6 is 18.9 Å². The quantitative estimate of drug-likeness (QED) is 0.359. The predicted molar refractivity (Wildman–Crippen MR) is 160 cm³/mol. The van der Waals surface area contributed by atoms with Gasteiger partial charge in [0.2, 0.25) is 5.91 Å². The van der Waals surface area contributed by atoms with Crippen molar-refractivity contribution in [2.75, 3.05) is 83.7 Å². The van der Waals surface area contributed by atoms with Gasteiger partial charge in [-0.3, -0.25) is 14.2 Å². The molecule has 3 heterocycles. The molecule has 0 spiro atoms. The lowest BCUT2D eigenvalue weighted by Crippen LogP contribution is -2.56. The van der Waals surface area contributed by atoms with Gasteiger partial charge < -0.3 is 39.1 Å². The summed E-state index contributed by atoms with van der Waals surface area (Å²) in [7, 11) is -1.69. The van der Waals surface area contributed by atoms with Crippen molar-refractivity contribution in [2.45, 2.75) is 19.9 Å². The fourth-order valence-corrected chi connectivity index (χ4v) is 7.79. The number of nitrogens with zero attached hydrogens (tertiary/aromatic N) is 5. The Morgan fingerprint density at radius 2 is 1.57 bits per heavy atom. The minimum Gasteiger partial charge on any atom is -0.465 e. The van der Waals surface area contributed by atoms with Crippen LogP contribution in [0.3, 0.4) is 0 Å². The minimum absolute atomic E-state index is 0.101. The van der Waals surface area contributed by atoms with Crippen molar-refractivity contribution in [3.05, 3.63) is 36.0 Å². The van der Waals surface area contributed by atoms with Crippen LogP contribution in [0.5, 0.6) is 0 Å². The monoisotopic (exact) mass is 622 g/mol. The van der Waals surface area contributed by atoms with Gasteiger partial charge in [0.05, 0.1) is 19.4 Å². The van der Waals surface area contributed by atoms with E-state index in [1.54, 1.807) is 13.8 Å². The number of carboxylic acid groups (broad SMARTS) is 1. The number of anilines is 1. The van der Waals surface area contributed by atoms with Crippen LogP contribution in [0.15, 0.2) is 30.3 Å². The summed E-state index contributed by atoms with van der Waals surface area (Å²) in [6, 6.07) is 8.34. The number of carbonyl (C=O) groups is 3. The maximum Gasteiger partial charge on any atom is 0.407 e. The van der Waals surface area contributed by atoms with Crippen LogP contribution in [0, 0.1) is 0 Å². The summed E-state index contributed by atoms with van der Waals surface area (Å²) in [6.07, 6.45) is -1.42. The molecule has 42 heavy (non-hydrogen) atoms. The molecule has 1 atom stereocenters. The Morgan fingerprint density at radius 1 is 0.976 bits per heavy atom. The van der Waals surface area contributed by atoms with Gasteiger partial charge in [0.1, 0.15) is 16.1 Å². The number of likely N-dealkylation sites (N-methyl/N-ethyl adjacent to an activating group) is 1.